The molecule has 0 aromatic heterocycles. The van der Waals surface area contributed by atoms with E-state index in [1.165, 1.54) is 30.3 Å². The van der Waals surface area contributed by atoms with Gasteiger partial charge in [-0.05, 0) is 73.8 Å². The van der Waals surface area contributed by atoms with Gasteiger partial charge >= 0.3 is 0 Å². The Morgan fingerprint density at radius 3 is 1.82 bits per heavy atom. The predicted molar refractivity (Wildman–Crippen MR) is 216 cm³/mol. The van der Waals surface area contributed by atoms with Crippen molar-refractivity contribution in [3.8, 4) is 0 Å². The van der Waals surface area contributed by atoms with Crippen molar-refractivity contribution in [3.05, 3.63) is 77.6 Å². The summed E-state index contributed by atoms with van der Waals surface area (Å²) in [6.45, 7) is 5.21. The lowest BCUT2D eigenvalue weighted by Crippen LogP contribution is -2.59. The molecule has 0 saturated carbocycles. The summed E-state index contributed by atoms with van der Waals surface area (Å²) in [5.74, 6) is -5.55. The number of hydrogen-bond acceptors (Lipinski definition) is 8. The average Bonchev–Trinajstić information content (AvgIpc) is 3.14. The topological polar surface area (TPSA) is 297 Å². The molecule has 6 amide bonds. The molecule has 2 aromatic carbocycles. The van der Waals surface area contributed by atoms with E-state index in [1.807, 2.05) is 13.8 Å². The number of nitrogens with zero attached hydrogens (tertiary/aromatic N) is 3. The maximum atomic E-state index is 14.3. The van der Waals surface area contributed by atoms with E-state index < -0.39 is 65.4 Å². The first-order valence-corrected chi connectivity index (χ1v) is 18.6. The molecule has 57 heavy (non-hydrogen) atoms. The molecule has 4 atom stereocenters. The molecule has 13 N–H and O–H groups in total. The molecule has 0 fully saturated rings. The van der Waals surface area contributed by atoms with Crippen molar-refractivity contribution in [2.45, 2.75) is 89.9 Å². The maximum Gasteiger partial charge on any atom is 0.253 e. The zero-order valence-electron chi connectivity index (χ0n) is 32.7. The summed E-state index contributed by atoms with van der Waals surface area (Å²) < 4.78 is 13.8. The number of hydrogen-bond donors (Lipinski definition) is 8. The number of rotatable bonds is 23. The quantitative estimate of drug-likeness (QED) is 0.0330. The summed E-state index contributed by atoms with van der Waals surface area (Å²) in [5, 5.41) is 8.00. The molecule has 2 rings (SSSR count). The standard InChI is InChI=1S/C39H56FN11O6/c1-24(2)22-31(36(56)48-29(34(41)54)13-9-21-47-39(44)45)50-35(55)30(12-7-8-20-46-38(42)43)49-37(57)32(23-27-14-17-28(40)18-15-27)51(25(3)52)33(53)19-16-26-10-5-4-6-11-26/h4-6,10-11,14-19,24,29-32H,7-9,12-13,20-23H2,1-3H3,(H2,41,54)(H,48,56)(H,49,57)(H,50,55)(H4,42,43,46)(H4,44,45,47)/b19-16+/t29-,30+,31-,32-/m0/s1. The number of benzene rings is 2. The van der Waals surface area contributed by atoms with Crippen LogP contribution in [0.1, 0.15) is 70.4 Å². The third kappa shape index (κ3) is 17.8. The zero-order valence-corrected chi connectivity index (χ0v) is 32.7. The number of carbonyl (C=O) groups excluding carboxylic acids is 6. The second-order valence-electron chi connectivity index (χ2n) is 13.8. The van der Waals surface area contributed by atoms with Gasteiger partial charge in [-0.15, -0.1) is 0 Å². The molecule has 17 nitrogen and oxygen atoms in total. The van der Waals surface area contributed by atoms with Gasteiger partial charge in [0.1, 0.15) is 30.0 Å². The Morgan fingerprint density at radius 1 is 0.719 bits per heavy atom. The Kier molecular flexibility index (Phi) is 19.9. The predicted octanol–water partition coefficient (Wildman–Crippen LogP) is 0.308. The Balaban J connectivity index is 2.47. The minimum Gasteiger partial charge on any atom is -0.370 e. The first-order valence-electron chi connectivity index (χ1n) is 18.6. The average molecular weight is 794 g/mol. The Bertz CT molecular complexity index is 1740. The van der Waals surface area contributed by atoms with E-state index in [1.54, 1.807) is 30.3 Å². The summed E-state index contributed by atoms with van der Waals surface area (Å²) in [6.07, 6.45) is 3.80. The largest absolute Gasteiger partial charge is 0.370 e. The summed E-state index contributed by atoms with van der Waals surface area (Å²) in [6, 6.07) is 8.99. The molecule has 0 unspecified atom stereocenters. The zero-order chi connectivity index (χ0) is 42.5. The van der Waals surface area contributed by atoms with E-state index in [9.17, 15) is 33.2 Å². The normalized spacial score (nSPS) is 13.1. The number of nitrogens with two attached hydrogens (primary N) is 5. The van der Waals surface area contributed by atoms with Crippen LogP contribution < -0.4 is 44.6 Å². The van der Waals surface area contributed by atoms with Gasteiger partial charge in [0.2, 0.25) is 29.5 Å². The van der Waals surface area contributed by atoms with Crippen molar-refractivity contribution >= 4 is 53.4 Å². The van der Waals surface area contributed by atoms with Crippen molar-refractivity contribution in [2.75, 3.05) is 13.1 Å². The monoisotopic (exact) mass is 793 g/mol. The van der Waals surface area contributed by atoms with Crippen molar-refractivity contribution in [2.24, 2.45) is 44.6 Å². The summed E-state index contributed by atoms with van der Waals surface area (Å²) in [4.78, 5) is 89.4. The number of amides is 6. The Hall–Kier alpha value is -6.33. The maximum absolute atomic E-state index is 14.3. The second-order valence-corrected chi connectivity index (χ2v) is 13.8. The minimum atomic E-state index is -1.48. The van der Waals surface area contributed by atoms with E-state index >= 15 is 0 Å². The van der Waals surface area contributed by atoms with Crippen molar-refractivity contribution in [3.63, 3.8) is 0 Å². The number of carbonyl (C=O) groups is 6. The molecule has 0 saturated heterocycles. The van der Waals surface area contributed by atoms with Gasteiger partial charge in [-0.1, -0.05) is 56.3 Å². The van der Waals surface area contributed by atoms with E-state index in [0.29, 0.717) is 30.4 Å². The first kappa shape index (κ1) is 46.8. The van der Waals surface area contributed by atoms with Gasteiger partial charge < -0.3 is 44.6 Å². The number of unbranched alkanes of at least 4 members (excludes halogenated alkanes) is 1. The molecule has 0 radical (unpaired) electrons. The van der Waals surface area contributed by atoms with Crippen molar-refractivity contribution in [1.82, 2.24) is 20.9 Å². The van der Waals surface area contributed by atoms with Crippen LogP contribution in [0.5, 0.6) is 0 Å². The highest BCUT2D eigenvalue weighted by Crippen LogP contribution is 2.15. The smallest absolute Gasteiger partial charge is 0.253 e. The summed E-state index contributed by atoms with van der Waals surface area (Å²) >= 11 is 0. The molecule has 0 bridgehead atoms. The van der Waals surface area contributed by atoms with E-state index in [-0.39, 0.29) is 56.6 Å². The Labute approximate surface area is 332 Å². The molecular weight excluding hydrogens is 737 g/mol. The van der Waals surface area contributed by atoms with Crippen molar-refractivity contribution < 1.29 is 33.2 Å². The highest BCUT2D eigenvalue weighted by molar-refractivity contribution is 6.06. The van der Waals surface area contributed by atoms with Crippen LogP contribution in [0.25, 0.3) is 6.08 Å². The van der Waals surface area contributed by atoms with Gasteiger partial charge in [-0.2, -0.15) is 0 Å². The fraction of sp³-hybridized carbons (Fsp3) is 0.436. The number of nitrogens with one attached hydrogen (secondary N) is 3. The van der Waals surface area contributed by atoms with Crippen LogP contribution in [0.15, 0.2) is 70.7 Å². The molecule has 18 heteroatoms. The molecule has 0 aliphatic heterocycles. The van der Waals surface area contributed by atoms with Crippen LogP contribution in [-0.2, 0) is 35.2 Å². The van der Waals surface area contributed by atoms with E-state index in [4.69, 9.17) is 28.7 Å². The van der Waals surface area contributed by atoms with Gasteiger partial charge in [-0.25, -0.2) is 4.39 Å². The summed E-state index contributed by atoms with van der Waals surface area (Å²) in [5.41, 5.74) is 28.3. The lowest BCUT2D eigenvalue weighted by molar-refractivity contribution is -0.148. The van der Waals surface area contributed by atoms with Gasteiger partial charge in [0.25, 0.3) is 5.91 Å². The number of aliphatic imine (C=N–C) groups is 2. The lowest BCUT2D eigenvalue weighted by atomic mass is 10.00. The first-order chi connectivity index (χ1) is 27.0. The molecular formula is C39H56FN11O6. The third-order valence-electron chi connectivity index (χ3n) is 8.52. The molecule has 0 aliphatic rings. The van der Waals surface area contributed by atoms with Crippen LogP contribution >= 0.6 is 0 Å². The molecule has 0 heterocycles. The molecule has 0 aliphatic carbocycles. The van der Waals surface area contributed by atoms with Crippen LogP contribution in [-0.4, -0.2) is 89.5 Å². The summed E-state index contributed by atoms with van der Waals surface area (Å²) in [7, 11) is 0. The number of imide groups is 1. The molecule has 2 aromatic rings. The molecule has 310 valence electrons. The molecule has 0 spiro atoms. The van der Waals surface area contributed by atoms with Crippen LogP contribution in [0.2, 0.25) is 0 Å². The van der Waals surface area contributed by atoms with Gasteiger partial charge in [-0.3, -0.25) is 43.7 Å². The highest BCUT2D eigenvalue weighted by Gasteiger charge is 2.35. The lowest BCUT2D eigenvalue weighted by Gasteiger charge is -2.30. The second kappa shape index (κ2) is 24.2. The number of guanidine groups is 2. The van der Waals surface area contributed by atoms with E-state index in [0.717, 1.165) is 17.9 Å². The van der Waals surface area contributed by atoms with Crippen LogP contribution in [0.4, 0.5) is 4.39 Å². The minimum absolute atomic E-state index is 0.0352. The van der Waals surface area contributed by atoms with Gasteiger partial charge in [0.15, 0.2) is 11.9 Å². The number of primary amides is 1. The SMILES string of the molecule is CC(=O)N(C(=O)/C=C/c1ccccc1)[C@@H](Cc1ccc(F)cc1)C(=O)N[C@H](CCCCN=C(N)N)C(=O)N[C@@H](CC(C)C)C(=O)N[C@@H](CCCN=C(N)N)C(N)=O. The highest BCUT2D eigenvalue weighted by atomic mass is 19.1. The fourth-order valence-corrected chi connectivity index (χ4v) is 5.73. The van der Waals surface area contributed by atoms with Gasteiger partial charge in [0.05, 0.1) is 0 Å². The Morgan fingerprint density at radius 2 is 1.26 bits per heavy atom. The van der Waals surface area contributed by atoms with Gasteiger partial charge in [0, 0.05) is 32.5 Å². The third-order valence-corrected chi connectivity index (χ3v) is 8.52. The van der Waals surface area contributed by atoms with E-state index in [2.05, 4.69) is 25.9 Å². The number of halogens is 1. The fourth-order valence-electron chi connectivity index (χ4n) is 5.73. The van der Waals surface area contributed by atoms with Crippen molar-refractivity contribution in [1.29, 1.82) is 0 Å². The van der Waals surface area contributed by atoms with Crippen LogP contribution in [0.3, 0.4) is 0 Å². The van der Waals surface area contributed by atoms with Crippen LogP contribution in [0, 0.1) is 11.7 Å².